The molecule has 1 heterocycles. The fourth-order valence-corrected chi connectivity index (χ4v) is 2.57. The van der Waals surface area contributed by atoms with Crippen LogP contribution in [-0.4, -0.2) is 17.6 Å². The van der Waals surface area contributed by atoms with Crippen molar-refractivity contribution in [3.05, 3.63) is 22.4 Å². The molecular weight excluding hydrogens is 234 g/mol. The Morgan fingerprint density at radius 1 is 1.47 bits per heavy atom. The first-order valence-corrected chi connectivity index (χ1v) is 7.10. The molecule has 0 bridgehead atoms. The van der Waals surface area contributed by atoms with Gasteiger partial charge >= 0.3 is 5.97 Å². The highest BCUT2D eigenvalue weighted by Crippen LogP contribution is 2.22. The smallest absolute Gasteiger partial charge is 0.305 e. The van der Waals surface area contributed by atoms with E-state index in [0.717, 1.165) is 17.8 Å². The second-order valence-electron chi connectivity index (χ2n) is 4.18. The van der Waals surface area contributed by atoms with Crippen LogP contribution in [0, 0.1) is 0 Å². The van der Waals surface area contributed by atoms with E-state index in [1.807, 2.05) is 17.5 Å². The molecule has 1 aromatic rings. The number of carboxylic acid groups (broad SMARTS) is 1. The van der Waals surface area contributed by atoms with E-state index in [4.69, 9.17) is 5.11 Å². The Hall–Kier alpha value is -0.870. The molecule has 0 aliphatic heterocycles. The first-order valence-electron chi connectivity index (χ1n) is 6.22. The van der Waals surface area contributed by atoms with Gasteiger partial charge in [0.15, 0.2) is 0 Å². The summed E-state index contributed by atoms with van der Waals surface area (Å²) in [4.78, 5) is 11.9. The molecule has 0 aliphatic rings. The van der Waals surface area contributed by atoms with E-state index in [2.05, 4.69) is 12.2 Å². The van der Waals surface area contributed by atoms with Crippen LogP contribution in [0.1, 0.15) is 49.9 Å². The molecule has 2 N–H and O–H groups in total. The van der Waals surface area contributed by atoms with Gasteiger partial charge in [-0.15, -0.1) is 11.3 Å². The Kier molecular flexibility index (Phi) is 6.89. The Balaban J connectivity index is 2.34. The zero-order chi connectivity index (χ0) is 12.5. The van der Waals surface area contributed by atoms with Crippen LogP contribution in [0.2, 0.25) is 0 Å². The van der Waals surface area contributed by atoms with Crippen molar-refractivity contribution < 1.29 is 9.90 Å². The minimum Gasteiger partial charge on any atom is -0.481 e. The molecule has 1 aromatic heterocycles. The summed E-state index contributed by atoms with van der Waals surface area (Å²) >= 11 is 1.62. The van der Waals surface area contributed by atoms with Crippen LogP contribution in [-0.2, 0) is 4.79 Å². The third-order valence-corrected chi connectivity index (χ3v) is 3.67. The summed E-state index contributed by atoms with van der Waals surface area (Å²) in [6, 6.07) is 3.93. The van der Waals surface area contributed by atoms with Gasteiger partial charge < -0.3 is 10.4 Å². The SMILES string of the molecule is CCCCCCNC(CC(=O)O)c1cccs1. The van der Waals surface area contributed by atoms with Crippen molar-refractivity contribution >= 4 is 17.3 Å². The van der Waals surface area contributed by atoms with Crippen molar-refractivity contribution in [1.82, 2.24) is 5.32 Å². The lowest BCUT2D eigenvalue weighted by molar-refractivity contribution is -0.137. The molecule has 0 amide bonds. The van der Waals surface area contributed by atoms with E-state index in [9.17, 15) is 4.79 Å². The zero-order valence-corrected chi connectivity index (χ0v) is 11.1. The Labute approximate surface area is 107 Å². The van der Waals surface area contributed by atoms with Crippen LogP contribution in [0.3, 0.4) is 0 Å². The lowest BCUT2D eigenvalue weighted by Gasteiger charge is -2.15. The molecule has 0 aliphatic carbocycles. The first kappa shape index (κ1) is 14.2. The van der Waals surface area contributed by atoms with Gasteiger partial charge in [0.05, 0.1) is 12.5 Å². The molecule has 0 radical (unpaired) electrons. The Morgan fingerprint density at radius 3 is 2.88 bits per heavy atom. The van der Waals surface area contributed by atoms with Crippen molar-refractivity contribution in [2.45, 2.75) is 45.1 Å². The summed E-state index contributed by atoms with van der Waals surface area (Å²) < 4.78 is 0. The van der Waals surface area contributed by atoms with Gasteiger partial charge in [-0.3, -0.25) is 4.79 Å². The van der Waals surface area contributed by atoms with Crippen molar-refractivity contribution in [2.75, 3.05) is 6.54 Å². The van der Waals surface area contributed by atoms with Gasteiger partial charge in [-0.2, -0.15) is 0 Å². The third-order valence-electron chi connectivity index (χ3n) is 2.69. The molecule has 3 nitrogen and oxygen atoms in total. The largest absolute Gasteiger partial charge is 0.481 e. The Morgan fingerprint density at radius 2 is 2.29 bits per heavy atom. The molecular formula is C13H21NO2S. The van der Waals surface area contributed by atoms with Gasteiger partial charge in [0, 0.05) is 4.88 Å². The van der Waals surface area contributed by atoms with E-state index in [1.54, 1.807) is 11.3 Å². The summed E-state index contributed by atoms with van der Waals surface area (Å²) in [5.41, 5.74) is 0. The summed E-state index contributed by atoms with van der Waals surface area (Å²) in [5, 5.41) is 14.2. The van der Waals surface area contributed by atoms with Gasteiger partial charge in [-0.1, -0.05) is 32.3 Å². The van der Waals surface area contributed by atoms with Gasteiger partial charge in [0.2, 0.25) is 0 Å². The average Bonchev–Trinajstić information content (AvgIpc) is 2.80. The summed E-state index contributed by atoms with van der Waals surface area (Å²) in [7, 11) is 0. The maximum atomic E-state index is 10.8. The average molecular weight is 255 g/mol. The van der Waals surface area contributed by atoms with Crippen LogP contribution in [0.25, 0.3) is 0 Å². The van der Waals surface area contributed by atoms with Gasteiger partial charge in [0.1, 0.15) is 0 Å². The lowest BCUT2D eigenvalue weighted by Crippen LogP contribution is -2.24. The van der Waals surface area contributed by atoms with Crippen molar-refractivity contribution in [2.24, 2.45) is 0 Å². The monoisotopic (exact) mass is 255 g/mol. The molecule has 1 rings (SSSR count). The molecule has 4 heteroatoms. The van der Waals surface area contributed by atoms with Crippen LogP contribution in [0.15, 0.2) is 17.5 Å². The minimum atomic E-state index is -0.746. The van der Waals surface area contributed by atoms with Crippen LogP contribution in [0.4, 0.5) is 0 Å². The van der Waals surface area contributed by atoms with Crippen LogP contribution < -0.4 is 5.32 Å². The molecule has 1 unspecified atom stereocenters. The lowest BCUT2D eigenvalue weighted by atomic mass is 10.1. The molecule has 0 aromatic carbocycles. The van der Waals surface area contributed by atoms with Crippen molar-refractivity contribution in [3.63, 3.8) is 0 Å². The number of nitrogens with one attached hydrogen (secondary N) is 1. The standard InChI is InChI=1S/C13H21NO2S/c1-2-3-4-5-8-14-11(10-13(15)16)12-7-6-9-17-12/h6-7,9,11,14H,2-5,8,10H2,1H3,(H,15,16). The normalized spacial score (nSPS) is 12.5. The highest BCUT2D eigenvalue weighted by molar-refractivity contribution is 7.10. The van der Waals surface area contributed by atoms with Gasteiger partial charge in [-0.05, 0) is 24.4 Å². The van der Waals surface area contributed by atoms with E-state index in [0.29, 0.717) is 0 Å². The number of thiophene rings is 1. The quantitative estimate of drug-likeness (QED) is 0.665. The van der Waals surface area contributed by atoms with E-state index < -0.39 is 5.97 Å². The molecule has 96 valence electrons. The number of hydrogen-bond donors (Lipinski definition) is 2. The second-order valence-corrected chi connectivity index (χ2v) is 5.16. The number of aliphatic carboxylic acids is 1. The fraction of sp³-hybridized carbons (Fsp3) is 0.615. The summed E-state index contributed by atoms with van der Waals surface area (Å²) in [5.74, 6) is -0.746. The maximum Gasteiger partial charge on any atom is 0.305 e. The van der Waals surface area contributed by atoms with E-state index in [1.165, 1.54) is 19.3 Å². The molecule has 0 saturated carbocycles. The predicted octanol–water partition coefficient (Wildman–Crippen LogP) is 3.43. The third kappa shape index (κ3) is 5.84. The predicted molar refractivity (Wildman–Crippen MR) is 71.5 cm³/mol. The Bertz CT molecular complexity index is 311. The second kappa shape index (κ2) is 8.25. The maximum absolute atomic E-state index is 10.8. The number of carbonyl (C=O) groups is 1. The van der Waals surface area contributed by atoms with Crippen LogP contribution >= 0.6 is 11.3 Å². The fourth-order valence-electron chi connectivity index (χ4n) is 1.77. The molecule has 1 atom stereocenters. The minimum absolute atomic E-state index is 0.0332. The zero-order valence-electron chi connectivity index (χ0n) is 10.3. The molecule has 0 saturated heterocycles. The van der Waals surface area contributed by atoms with Crippen LogP contribution in [0.5, 0.6) is 0 Å². The number of unbranched alkanes of at least 4 members (excludes halogenated alkanes) is 3. The highest BCUT2D eigenvalue weighted by atomic mass is 32.1. The van der Waals surface area contributed by atoms with Crippen molar-refractivity contribution in [1.29, 1.82) is 0 Å². The van der Waals surface area contributed by atoms with Crippen molar-refractivity contribution in [3.8, 4) is 0 Å². The number of hydrogen-bond acceptors (Lipinski definition) is 3. The summed E-state index contributed by atoms with van der Waals surface area (Å²) in [6.45, 7) is 3.09. The number of rotatable bonds is 9. The van der Waals surface area contributed by atoms with E-state index >= 15 is 0 Å². The molecule has 0 spiro atoms. The topological polar surface area (TPSA) is 49.3 Å². The number of carboxylic acids is 1. The molecule has 0 fully saturated rings. The first-order chi connectivity index (χ1) is 8.24. The van der Waals surface area contributed by atoms with Gasteiger partial charge in [0.25, 0.3) is 0 Å². The van der Waals surface area contributed by atoms with Gasteiger partial charge in [-0.25, -0.2) is 0 Å². The highest BCUT2D eigenvalue weighted by Gasteiger charge is 2.15. The molecule has 17 heavy (non-hydrogen) atoms. The summed E-state index contributed by atoms with van der Waals surface area (Å²) in [6.07, 6.45) is 4.98. The van der Waals surface area contributed by atoms with E-state index in [-0.39, 0.29) is 12.5 Å².